The minimum Gasteiger partial charge on any atom is -0.493 e. The van der Waals surface area contributed by atoms with Gasteiger partial charge in [-0.1, -0.05) is 18.2 Å². The van der Waals surface area contributed by atoms with Crippen molar-refractivity contribution in [1.29, 1.82) is 0 Å². The van der Waals surface area contributed by atoms with Crippen LogP contribution in [0.3, 0.4) is 0 Å². The molecule has 1 heterocycles. The van der Waals surface area contributed by atoms with E-state index >= 15 is 0 Å². The van der Waals surface area contributed by atoms with E-state index in [-0.39, 0.29) is 6.10 Å². The number of amides is 1. The highest BCUT2D eigenvalue weighted by atomic mass is 16.6. The van der Waals surface area contributed by atoms with Gasteiger partial charge in [0, 0.05) is 6.08 Å². The summed E-state index contributed by atoms with van der Waals surface area (Å²) in [5, 5.41) is 10.4. The summed E-state index contributed by atoms with van der Waals surface area (Å²) < 4.78 is 15.6. The summed E-state index contributed by atoms with van der Waals surface area (Å²) in [4.78, 5) is 20.3. The third-order valence-corrected chi connectivity index (χ3v) is 2.55. The summed E-state index contributed by atoms with van der Waals surface area (Å²) in [6.07, 6.45) is 1.92. The first-order chi connectivity index (χ1) is 10.6. The fourth-order valence-corrected chi connectivity index (χ4v) is 1.59. The number of aliphatic carboxylic acids is 1. The molecule has 0 saturated carbocycles. The maximum atomic E-state index is 10.8. The van der Waals surface area contributed by atoms with E-state index in [2.05, 4.69) is 5.32 Å². The molecule has 1 atom stereocenters. The van der Waals surface area contributed by atoms with Crippen molar-refractivity contribution in [1.82, 2.24) is 5.32 Å². The molecule has 7 heteroatoms. The van der Waals surface area contributed by atoms with Crippen LogP contribution in [0, 0.1) is 0 Å². The van der Waals surface area contributed by atoms with Crippen LogP contribution in [-0.4, -0.2) is 43.5 Å². The third kappa shape index (κ3) is 6.17. The van der Waals surface area contributed by atoms with Gasteiger partial charge in [-0.05, 0) is 19.1 Å². The van der Waals surface area contributed by atoms with Crippen molar-refractivity contribution < 1.29 is 28.9 Å². The van der Waals surface area contributed by atoms with Gasteiger partial charge in [-0.3, -0.25) is 0 Å². The van der Waals surface area contributed by atoms with Gasteiger partial charge in [-0.25, -0.2) is 9.59 Å². The van der Waals surface area contributed by atoms with Crippen LogP contribution >= 0.6 is 0 Å². The molecule has 7 nitrogen and oxygen atoms in total. The normalized spacial score (nSPS) is 16.3. The second kappa shape index (κ2) is 9.28. The maximum Gasteiger partial charge on any atom is 0.407 e. The molecule has 1 aliphatic rings. The summed E-state index contributed by atoms with van der Waals surface area (Å²) in [5.41, 5.74) is 0. The van der Waals surface area contributed by atoms with Crippen LogP contribution in [-0.2, 0) is 9.53 Å². The van der Waals surface area contributed by atoms with Crippen LogP contribution in [0.5, 0.6) is 11.5 Å². The lowest BCUT2D eigenvalue weighted by Crippen LogP contribution is -2.22. The van der Waals surface area contributed by atoms with Gasteiger partial charge < -0.3 is 24.6 Å². The molecule has 22 heavy (non-hydrogen) atoms. The van der Waals surface area contributed by atoms with Crippen LogP contribution in [0.15, 0.2) is 36.4 Å². The first-order valence-electron chi connectivity index (χ1n) is 6.62. The number of hydrogen-bond acceptors (Lipinski definition) is 5. The Morgan fingerprint density at radius 3 is 2.59 bits per heavy atom. The second-order valence-corrected chi connectivity index (χ2v) is 4.21. The number of methoxy groups -OCH3 is 1. The molecule has 1 aliphatic heterocycles. The summed E-state index contributed by atoms with van der Waals surface area (Å²) >= 11 is 0. The van der Waals surface area contributed by atoms with Crippen LogP contribution in [0.1, 0.15) is 6.92 Å². The molecule has 1 aromatic rings. The van der Waals surface area contributed by atoms with Crippen molar-refractivity contribution >= 4 is 12.1 Å². The van der Waals surface area contributed by atoms with Crippen LogP contribution in [0.25, 0.3) is 0 Å². The zero-order chi connectivity index (χ0) is 16.4. The van der Waals surface area contributed by atoms with Gasteiger partial charge in [0.2, 0.25) is 0 Å². The number of para-hydroxylation sites is 2. The molecule has 1 fully saturated rings. The number of rotatable bonds is 5. The zero-order valence-corrected chi connectivity index (χ0v) is 12.4. The van der Waals surface area contributed by atoms with Gasteiger partial charge in [0.25, 0.3) is 0 Å². The fourth-order valence-electron chi connectivity index (χ4n) is 1.59. The van der Waals surface area contributed by atoms with Gasteiger partial charge in [-0.15, -0.1) is 0 Å². The molecule has 1 amide bonds. The number of alkyl carbamates (subject to hydrolysis) is 1. The SMILES string of the molecule is C/C=C/C(=O)O.COc1ccccc1OCC1CNC(=O)O1. The minimum atomic E-state index is -0.891. The molecule has 0 spiro atoms. The highest BCUT2D eigenvalue weighted by Crippen LogP contribution is 2.26. The number of cyclic esters (lactones) is 1. The Bertz CT molecular complexity index is 529. The first kappa shape index (κ1) is 17.4. The molecule has 2 N–H and O–H groups in total. The van der Waals surface area contributed by atoms with E-state index in [9.17, 15) is 9.59 Å². The van der Waals surface area contributed by atoms with E-state index < -0.39 is 12.1 Å². The lowest BCUT2D eigenvalue weighted by atomic mass is 10.3. The number of hydrogen-bond donors (Lipinski definition) is 2. The number of nitrogens with one attached hydrogen (secondary N) is 1. The third-order valence-electron chi connectivity index (χ3n) is 2.55. The highest BCUT2D eigenvalue weighted by Gasteiger charge is 2.23. The minimum absolute atomic E-state index is 0.239. The number of carboxylic acids is 1. The Hall–Kier alpha value is -2.70. The summed E-state index contributed by atoms with van der Waals surface area (Å²) in [7, 11) is 1.58. The lowest BCUT2D eigenvalue weighted by molar-refractivity contribution is -0.131. The monoisotopic (exact) mass is 309 g/mol. The number of carboxylic acid groups (broad SMARTS) is 1. The van der Waals surface area contributed by atoms with Crippen molar-refractivity contribution in [3.05, 3.63) is 36.4 Å². The molecule has 0 aliphatic carbocycles. The Morgan fingerprint density at radius 1 is 1.45 bits per heavy atom. The lowest BCUT2D eigenvalue weighted by Gasteiger charge is -2.12. The van der Waals surface area contributed by atoms with Crippen LogP contribution in [0.2, 0.25) is 0 Å². The predicted molar refractivity (Wildman–Crippen MR) is 79.2 cm³/mol. The van der Waals surface area contributed by atoms with E-state index in [0.717, 1.165) is 6.08 Å². The number of carbonyl (C=O) groups is 2. The van der Waals surface area contributed by atoms with Crippen molar-refractivity contribution in [2.24, 2.45) is 0 Å². The maximum absolute atomic E-state index is 10.8. The molecular formula is C15H19NO6. The van der Waals surface area contributed by atoms with Crippen molar-refractivity contribution in [2.75, 3.05) is 20.3 Å². The van der Waals surface area contributed by atoms with Gasteiger partial charge >= 0.3 is 12.1 Å². The number of carbonyl (C=O) groups excluding carboxylic acids is 1. The first-order valence-corrected chi connectivity index (χ1v) is 6.62. The van der Waals surface area contributed by atoms with E-state index in [1.807, 2.05) is 24.3 Å². The smallest absolute Gasteiger partial charge is 0.407 e. The Kier molecular flexibility index (Phi) is 7.32. The van der Waals surface area contributed by atoms with Gasteiger partial charge in [-0.2, -0.15) is 0 Å². The zero-order valence-electron chi connectivity index (χ0n) is 12.4. The topological polar surface area (TPSA) is 94.1 Å². The van der Waals surface area contributed by atoms with Crippen molar-refractivity contribution in [3.63, 3.8) is 0 Å². The Morgan fingerprint density at radius 2 is 2.14 bits per heavy atom. The number of allylic oxidation sites excluding steroid dienone is 1. The molecule has 0 aromatic heterocycles. The summed E-state index contributed by atoms with van der Waals surface area (Å²) in [6.45, 7) is 2.46. The number of benzene rings is 1. The van der Waals surface area contributed by atoms with E-state index in [1.54, 1.807) is 14.0 Å². The molecular weight excluding hydrogens is 290 g/mol. The largest absolute Gasteiger partial charge is 0.493 e. The fraction of sp³-hybridized carbons (Fsp3) is 0.333. The van der Waals surface area contributed by atoms with Gasteiger partial charge in [0.1, 0.15) is 6.61 Å². The predicted octanol–water partition coefficient (Wildman–Crippen LogP) is 1.83. The molecule has 1 unspecified atom stereocenters. The molecule has 1 saturated heterocycles. The standard InChI is InChI=1S/C11H13NO4.C4H6O2/c1-14-9-4-2-3-5-10(9)15-7-8-6-12-11(13)16-8;1-2-3-4(5)6/h2-5,8H,6-7H2,1H3,(H,12,13);2-3H,1H3,(H,5,6)/b;3-2+. The highest BCUT2D eigenvalue weighted by molar-refractivity contribution is 5.79. The van der Waals surface area contributed by atoms with E-state index in [4.69, 9.17) is 19.3 Å². The van der Waals surface area contributed by atoms with Gasteiger partial charge in [0.15, 0.2) is 17.6 Å². The average molecular weight is 309 g/mol. The molecule has 120 valence electrons. The van der Waals surface area contributed by atoms with Gasteiger partial charge in [0.05, 0.1) is 13.7 Å². The summed E-state index contributed by atoms with van der Waals surface area (Å²) in [5.74, 6) is 0.422. The molecule has 2 rings (SSSR count). The quantitative estimate of drug-likeness (QED) is 0.806. The van der Waals surface area contributed by atoms with Crippen molar-refractivity contribution in [3.8, 4) is 11.5 Å². The van der Waals surface area contributed by atoms with Crippen LogP contribution in [0.4, 0.5) is 4.79 Å². The second-order valence-electron chi connectivity index (χ2n) is 4.21. The molecule has 0 bridgehead atoms. The van der Waals surface area contributed by atoms with Crippen LogP contribution < -0.4 is 14.8 Å². The average Bonchev–Trinajstić information content (AvgIpc) is 2.91. The molecule has 0 radical (unpaired) electrons. The number of ether oxygens (including phenoxy) is 3. The molecule has 1 aromatic carbocycles. The Balaban J connectivity index is 0.000000346. The van der Waals surface area contributed by atoms with Crippen molar-refractivity contribution in [2.45, 2.75) is 13.0 Å². The Labute approximate surface area is 128 Å². The van der Waals surface area contributed by atoms with E-state index in [0.29, 0.717) is 24.7 Å². The van der Waals surface area contributed by atoms with E-state index in [1.165, 1.54) is 6.08 Å². The summed E-state index contributed by atoms with van der Waals surface area (Å²) in [6, 6.07) is 7.34.